The van der Waals surface area contributed by atoms with Crippen LogP contribution in [0.25, 0.3) is 27.9 Å². The summed E-state index contributed by atoms with van der Waals surface area (Å²) in [7, 11) is 0. The molecule has 0 atom stereocenters. The Hall–Kier alpha value is -3.13. The fraction of sp³-hybridized carbons (Fsp3) is 0.0870. The minimum atomic E-state index is 1.10. The summed E-state index contributed by atoms with van der Waals surface area (Å²) in [6.07, 6.45) is 4.03. The predicted molar refractivity (Wildman–Crippen MR) is 104 cm³/mol. The first-order valence-corrected chi connectivity index (χ1v) is 8.50. The molecule has 1 aromatic heterocycles. The molecular formula is C23H20N2. The van der Waals surface area contributed by atoms with Crippen molar-refractivity contribution in [1.82, 2.24) is 9.78 Å². The second-order valence-electron chi connectivity index (χ2n) is 6.32. The van der Waals surface area contributed by atoms with Crippen LogP contribution in [0.1, 0.15) is 11.1 Å². The van der Waals surface area contributed by atoms with E-state index in [9.17, 15) is 0 Å². The number of hydrogen-bond acceptors (Lipinski definition) is 1. The van der Waals surface area contributed by atoms with Gasteiger partial charge in [-0.25, -0.2) is 4.68 Å². The van der Waals surface area contributed by atoms with Crippen molar-refractivity contribution in [1.29, 1.82) is 0 Å². The number of aryl methyl sites for hydroxylation is 2. The lowest BCUT2D eigenvalue weighted by molar-refractivity contribution is 0.882. The van der Waals surface area contributed by atoms with E-state index >= 15 is 0 Å². The minimum absolute atomic E-state index is 1.10. The Labute approximate surface area is 148 Å². The lowest BCUT2D eigenvalue weighted by atomic mass is 9.94. The first-order valence-electron chi connectivity index (χ1n) is 8.50. The molecule has 0 saturated heterocycles. The summed E-state index contributed by atoms with van der Waals surface area (Å²) >= 11 is 0. The highest BCUT2D eigenvalue weighted by molar-refractivity contribution is 5.78. The molecule has 0 unspecified atom stereocenters. The third kappa shape index (κ3) is 2.87. The summed E-state index contributed by atoms with van der Waals surface area (Å²) in [6.45, 7) is 4.33. The molecule has 0 N–H and O–H groups in total. The third-order valence-electron chi connectivity index (χ3n) is 4.59. The normalized spacial score (nSPS) is 10.8. The Morgan fingerprint density at radius 3 is 2.12 bits per heavy atom. The fourth-order valence-corrected chi connectivity index (χ4v) is 3.36. The van der Waals surface area contributed by atoms with E-state index in [1.54, 1.807) is 0 Å². The van der Waals surface area contributed by atoms with Gasteiger partial charge in [0.1, 0.15) is 0 Å². The number of aromatic nitrogens is 2. The predicted octanol–water partition coefficient (Wildman–Crippen LogP) is 5.82. The molecule has 122 valence electrons. The van der Waals surface area contributed by atoms with Gasteiger partial charge in [0.15, 0.2) is 0 Å². The average molecular weight is 324 g/mol. The molecule has 2 heteroatoms. The van der Waals surface area contributed by atoms with E-state index in [0.29, 0.717) is 0 Å². The van der Waals surface area contributed by atoms with Crippen LogP contribution in [-0.2, 0) is 0 Å². The molecule has 1 heterocycles. The molecule has 0 radical (unpaired) electrons. The van der Waals surface area contributed by atoms with Crippen LogP contribution < -0.4 is 0 Å². The Morgan fingerprint density at radius 2 is 1.36 bits per heavy atom. The first-order chi connectivity index (χ1) is 12.2. The van der Waals surface area contributed by atoms with Crippen LogP contribution in [0.2, 0.25) is 0 Å². The maximum Gasteiger partial charge on any atom is 0.0724 e. The van der Waals surface area contributed by atoms with Gasteiger partial charge in [0, 0.05) is 17.3 Å². The number of benzene rings is 3. The van der Waals surface area contributed by atoms with Gasteiger partial charge in [-0.3, -0.25) is 0 Å². The molecule has 4 aromatic rings. The van der Waals surface area contributed by atoms with Crippen LogP contribution in [0.4, 0.5) is 0 Å². The average Bonchev–Trinajstić information content (AvgIpc) is 3.13. The van der Waals surface area contributed by atoms with E-state index in [1.807, 2.05) is 16.9 Å². The van der Waals surface area contributed by atoms with Gasteiger partial charge in [-0.05, 0) is 42.2 Å². The van der Waals surface area contributed by atoms with E-state index in [0.717, 1.165) is 11.3 Å². The molecule has 3 aromatic carbocycles. The monoisotopic (exact) mass is 324 g/mol. The molecule has 0 aliphatic rings. The highest BCUT2D eigenvalue weighted by atomic mass is 15.3. The zero-order chi connectivity index (χ0) is 17.2. The Bertz CT molecular complexity index is 993. The largest absolute Gasteiger partial charge is 0.240 e. The maximum absolute atomic E-state index is 4.62. The van der Waals surface area contributed by atoms with Crippen molar-refractivity contribution in [3.8, 4) is 27.9 Å². The van der Waals surface area contributed by atoms with Crippen LogP contribution >= 0.6 is 0 Å². The molecule has 0 aliphatic carbocycles. The third-order valence-corrected chi connectivity index (χ3v) is 4.59. The summed E-state index contributed by atoms with van der Waals surface area (Å²) in [4.78, 5) is 0. The lowest BCUT2D eigenvalue weighted by Crippen LogP contribution is -1.99. The summed E-state index contributed by atoms with van der Waals surface area (Å²) in [5.41, 5.74) is 8.46. The van der Waals surface area contributed by atoms with Crippen LogP contribution in [0, 0.1) is 13.8 Å². The molecule has 25 heavy (non-hydrogen) atoms. The van der Waals surface area contributed by atoms with Crippen molar-refractivity contribution < 1.29 is 0 Å². The van der Waals surface area contributed by atoms with E-state index in [4.69, 9.17) is 0 Å². The molecule has 0 spiro atoms. The van der Waals surface area contributed by atoms with Crippen molar-refractivity contribution in [3.63, 3.8) is 0 Å². The van der Waals surface area contributed by atoms with Gasteiger partial charge >= 0.3 is 0 Å². The zero-order valence-electron chi connectivity index (χ0n) is 14.5. The van der Waals surface area contributed by atoms with E-state index in [2.05, 4.69) is 91.9 Å². The minimum Gasteiger partial charge on any atom is -0.240 e. The molecule has 0 bridgehead atoms. The smallest absolute Gasteiger partial charge is 0.0724 e. The second-order valence-corrected chi connectivity index (χ2v) is 6.32. The van der Waals surface area contributed by atoms with Crippen molar-refractivity contribution in [2.24, 2.45) is 0 Å². The quantitative estimate of drug-likeness (QED) is 0.464. The van der Waals surface area contributed by atoms with Gasteiger partial charge in [0.05, 0.1) is 11.9 Å². The van der Waals surface area contributed by atoms with Crippen molar-refractivity contribution in [3.05, 3.63) is 96.3 Å². The van der Waals surface area contributed by atoms with Gasteiger partial charge in [0.2, 0.25) is 0 Å². The first kappa shape index (κ1) is 15.4. The van der Waals surface area contributed by atoms with Gasteiger partial charge in [-0.2, -0.15) is 5.10 Å². The van der Waals surface area contributed by atoms with Gasteiger partial charge in [-0.1, -0.05) is 66.7 Å². The topological polar surface area (TPSA) is 17.8 Å². The summed E-state index contributed by atoms with van der Waals surface area (Å²) < 4.78 is 1.98. The van der Waals surface area contributed by atoms with Crippen molar-refractivity contribution in [2.75, 3.05) is 0 Å². The van der Waals surface area contributed by atoms with Crippen LogP contribution in [0.15, 0.2) is 85.2 Å². The molecule has 0 amide bonds. The van der Waals surface area contributed by atoms with Crippen LogP contribution in [0.3, 0.4) is 0 Å². The number of rotatable bonds is 3. The van der Waals surface area contributed by atoms with Gasteiger partial charge in [0.25, 0.3) is 0 Å². The molecular weight excluding hydrogens is 304 g/mol. The molecule has 2 nitrogen and oxygen atoms in total. The number of nitrogens with zero attached hydrogens (tertiary/aromatic N) is 2. The number of hydrogen-bond donors (Lipinski definition) is 0. The van der Waals surface area contributed by atoms with E-state index < -0.39 is 0 Å². The van der Waals surface area contributed by atoms with Crippen molar-refractivity contribution >= 4 is 0 Å². The second kappa shape index (κ2) is 6.40. The Kier molecular flexibility index (Phi) is 3.95. The number of para-hydroxylation sites is 1. The summed E-state index contributed by atoms with van der Waals surface area (Å²) in [5.74, 6) is 0. The van der Waals surface area contributed by atoms with E-state index in [-0.39, 0.29) is 0 Å². The van der Waals surface area contributed by atoms with Crippen LogP contribution in [0.5, 0.6) is 0 Å². The lowest BCUT2D eigenvalue weighted by Gasteiger charge is -2.14. The highest BCUT2D eigenvalue weighted by Crippen LogP contribution is 2.32. The Balaban J connectivity index is 1.85. The summed E-state index contributed by atoms with van der Waals surface area (Å²) in [5, 5.41) is 4.62. The Morgan fingerprint density at radius 1 is 0.680 bits per heavy atom. The standard InChI is InChI=1S/C23H20N2/c1-17-9-8-10-18(2)23(17)21-13-6-7-14-22(21)25-16-20(15-24-25)19-11-4-3-5-12-19/h3-16H,1-2H3. The molecule has 0 fully saturated rings. The fourth-order valence-electron chi connectivity index (χ4n) is 3.36. The SMILES string of the molecule is Cc1cccc(C)c1-c1ccccc1-n1cc(-c2ccccc2)cn1. The molecule has 0 aliphatic heterocycles. The zero-order valence-corrected chi connectivity index (χ0v) is 14.5. The maximum atomic E-state index is 4.62. The highest BCUT2D eigenvalue weighted by Gasteiger charge is 2.12. The molecule has 4 rings (SSSR count). The molecule has 0 saturated carbocycles. The van der Waals surface area contributed by atoms with Gasteiger partial charge in [-0.15, -0.1) is 0 Å². The van der Waals surface area contributed by atoms with Gasteiger partial charge < -0.3 is 0 Å². The van der Waals surface area contributed by atoms with E-state index in [1.165, 1.54) is 27.8 Å². The summed E-state index contributed by atoms with van der Waals surface area (Å²) in [6, 6.07) is 25.3. The van der Waals surface area contributed by atoms with Crippen LogP contribution in [-0.4, -0.2) is 9.78 Å². The van der Waals surface area contributed by atoms with Crippen molar-refractivity contribution in [2.45, 2.75) is 13.8 Å².